The van der Waals surface area contributed by atoms with Crippen LogP contribution in [0.3, 0.4) is 0 Å². The molecule has 0 radical (unpaired) electrons. The van der Waals surface area contributed by atoms with E-state index in [0.29, 0.717) is 0 Å². The van der Waals surface area contributed by atoms with E-state index >= 15 is 0 Å². The molecule has 0 saturated carbocycles. The Labute approximate surface area is 117 Å². The van der Waals surface area contributed by atoms with Gasteiger partial charge in [0.15, 0.2) is 0 Å². The third-order valence-corrected chi connectivity index (χ3v) is 3.96. The van der Waals surface area contributed by atoms with E-state index in [9.17, 15) is 0 Å². The summed E-state index contributed by atoms with van der Waals surface area (Å²) in [5.74, 6) is 0. The molecular formula is C16H27N3. The van der Waals surface area contributed by atoms with Crippen LogP contribution in [0.1, 0.15) is 30.4 Å². The zero-order chi connectivity index (χ0) is 13.5. The number of hydrogen-bond acceptors (Lipinski definition) is 3. The van der Waals surface area contributed by atoms with Crippen LogP contribution in [0.4, 0.5) is 5.69 Å². The molecular weight excluding hydrogens is 234 g/mol. The van der Waals surface area contributed by atoms with Crippen LogP contribution < -0.4 is 11.1 Å². The van der Waals surface area contributed by atoms with E-state index in [0.717, 1.165) is 26.1 Å². The Balaban J connectivity index is 1.77. The molecule has 2 rings (SSSR count). The van der Waals surface area contributed by atoms with Gasteiger partial charge in [0.05, 0.1) is 0 Å². The highest BCUT2D eigenvalue weighted by molar-refractivity contribution is 5.48. The maximum absolute atomic E-state index is 5.61. The smallest absolute Gasteiger partial charge is 0.0343 e. The number of hydrogen-bond donors (Lipinski definition) is 2. The molecule has 1 aromatic rings. The summed E-state index contributed by atoms with van der Waals surface area (Å²) < 4.78 is 0. The normalized spacial score (nSPS) is 16.5. The van der Waals surface area contributed by atoms with Gasteiger partial charge in [0.25, 0.3) is 0 Å². The average molecular weight is 261 g/mol. The lowest BCUT2D eigenvalue weighted by atomic mass is 10.1. The Hall–Kier alpha value is -1.06. The number of nitrogens with zero attached hydrogens (tertiary/aromatic N) is 1. The second-order valence-electron chi connectivity index (χ2n) is 5.51. The number of anilines is 1. The first-order valence-corrected chi connectivity index (χ1v) is 7.55. The third kappa shape index (κ3) is 4.51. The summed E-state index contributed by atoms with van der Waals surface area (Å²) in [7, 11) is 0. The quantitative estimate of drug-likeness (QED) is 0.826. The number of nitrogens with two attached hydrogens (primary N) is 1. The van der Waals surface area contributed by atoms with Gasteiger partial charge in [-0.25, -0.2) is 0 Å². The van der Waals surface area contributed by atoms with Crippen molar-refractivity contribution in [3.05, 3.63) is 29.3 Å². The van der Waals surface area contributed by atoms with Crippen LogP contribution >= 0.6 is 0 Å². The first kappa shape index (κ1) is 14.4. The van der Waals surface area contributed by atoms with E-state index in [4.69, 9.17) is 5.73 Å². The predicted octanol–water partition coefficient (Wildman–Crippen LogP) is 2.39. The van der Waals surface area contributed by atoms with Crippen molar-refractivity contribution in [2.24, 2.45) is 5.73 Å². The predicted molar refractivity (Wildman–Crippen MR) is 82.7 cm³/mol. The van der Waals surface area contributed by atoms with Crippen LogP contribution in [0.2, 0.25) is 0 Å². The van der Waals surface area contributed by atoms with Crippen LogP contribution in [-0.2, 0) is 6.42 Å². The summed E-state index contributed by atoms with van der Waals surface area (Å²) in [4.78, 5) is 2.56. The maximum atomic E-state index is 5.61. The fourth-order valence-electron chi connectivity index (χ4n) is 2.78. The standard InChI is InChI=1S/C16H27N3/c1-14-13-16(6-5-15(14)7-8-17)18-9-12-19-10-3-2-4-11-19/h5-6,13,18H,2-4,7-12,17H2,1H3. The minimum Gasteiger partial charge on any atom is -0.384 e. The number of rotatable bonds is 6. The van der Waals surface area contributed by atoms with Crippen LogP contribution in [0.25, 0.3) is 0 Å². The molecule has 1 heterocycles. The first-order chi connectivity index (χ1) is 9.29. The molecule has 106 valence electrons. The summed E-state index contributed by atoms with van der Waals surface area (Å²) in [6.45, 7) is 7.63. The van der Waals surface area contributed by atoms with Gasteiger partial charge < -0.3 is 16.0 Å². The van der Waals surface area contributed by atoms with Gasteiger partial charge >= 0.3 is 0 Å². The van der Waals surface area contributed by atoms with Gasteiger partial charge in [-0.1, -0.05) is 12.5 Å². The molecule has 0 amide bonds. The Morgan fingerprint density at radius 3 is 2.68 bits per heavy atom. The van der Waals surface area contributed by atoms with Crippen molar-refractivity contribution in [2.45, 2.75) is 32.6 Å². The van der Waals surface area contributed by atoms with E-state index in [1.54, 1.807) is 0 Å². The summed E-state index contributed by atoms with van der Waals surface area (Å²) in [5.41, 5.74) is 9.55. The topological polar surface area (TPSA) is 41.3 Å². The molecule has 0 aromatic heterocycles. The fraction of sp³-hybridized carbons (Fsp3) is 0.625. The van der Waals surface area contributed by atoms with E-state index in [2.05, 4.69) is 35.3 Å². The van der Waals surface area contributed by atoms with Crippen molar-refractivity contribution in [1.29, 1.82) is 0 Å². The number of nitrogens with one attached hydrogen (secondary N) is 1. The van der Waals surface area contributed by atoms with Crippen molar-refractivity contribution in [3.8, 4) is 0 Å². The molecule has 0 bridgehead atoms. The van der Waals surface area contributed by atoms with Gasteiger partial charge in [0.1, 0.15) is 0 Å². The Kier molecular flexibility index (Phi) is 5.67. The highest BCUT2D eigenvalue weighted by Crippen LogP contribution is 2.15. The zero-order valence-corrected chi connectivity index (χ0v) is 12.1. The lowest BCUT2D eigenvalue weighted by molar-refractivity contribution is 0.237. The van der Waals surface area contributed by atoms with E-state index in [-0.39, 0.29) is 0 Å². The number of aryl methyl sites for hydroxylation is 1. The minimum absolute atomic E-state index is 0.725. The number of piperidine rings is 1. The van der Waals surface area contributed by atoms with Gasteiger partial charge in [-0.3, -0.25) is 0 Å². The molecule has 0 atom stereocenters. The van der Waals surface area contributed by atoms with Crippen LogP contribution in [0.15, 0.2) is 18.2 Å². The van der Waals surface area contributed by atoms with Gasteiger partial charge in [-0.15, -0.1) is 0 Å². The second-order valence-corrected chi connectivity index (χ2v) is 5.51. The van der Waals surface area contributed by atoms with Crippen molar-refractivity contribution < 1.29 is 0 Å². The SMILES string of the molecule is Cc1cc(NCCN2CCCCC2)ccc1CCN. The second kappa shape index (κ2) is 7.51. The lowest BCUT2D eigenvalue weighted by Crippen LogP contribution is -2.33. The van der Waals surface area contributed by atoms with Crippen LogP contribution in [0.5, 0.6) is 0 Å². The van der Waals surface area contributed by atoms with Crippen molar-refractivity contribution in [1.82, 2.24) is 4.90 Å². The molecule has 1 aromatic carbocycles. The molecule has 0 aliphatic carbocycles. The zero-order valence-electron chi connectivity index (χ0n) is 12.1. The summed E-state index contributed by atoms with van der Waals surface area (Å²) in [6.07, 6.45) is 5.12. The van der Waals surface area contributed by atoms with Gasteiger partial charge in [-0.05, 0) is 69.1 Å². The maximum Gasteiger partial charge on any atom is 0.0343 e. The van der Waals surface area contributed by atoms with E-state index < -0.39 is 0 Å². The molecule has 1 saturated heterocycles. The average Bonchev–Trinajstić information content (AvgIpc) is 2.43. The number of likely N-dealkylation sites (tertiary alicyclic amines) is 1. The highest BCUT2D eigenvalue weighted by atomic mass is 15.1. The molecule has 1 aliphatic heterocycles. The highest BCUT2D eigenvalue weighted by Gasteiger charge is 2.08. The van der Waals surface area contributed by atoms with Crippen LogP contribution in [0, 0.1) is 6.92 Å². The third-order valence-electron chi connectivity index (χ3n) is 3.96. The molecule has 19 heavy (non-hydrogen) atoms. The molecule has 3 nitrogen and oxygen atoms in total. The Morgan fingerprint density at radius 2 is 2.00 bits per heavy atom. The van der Waals surface area contributed by atoms with Crippen molar-refractivity contribution in [2.75, 3.05) is 38.0 Å². The molecule has 1 fully saturated rings. The fourth-order valence-corrected chi connectivity index (χ4v) is 2.78. The first-order valence-electron chi connectivity index (χ1n) is 7.55. The monoisotopic (exact) mass is 261 g/mol. The summed E-state index contributed by atoms with van der Waals surface area (Å²) in [6, 6.07) is 6.61. The molecule has 0 spiro atoms. The van der Waals surface area contributed by atoms with Gasteiger partial charge in [0.2, 0.25) is 0 Å². The van der Waals surface area contributed by atoms with Crippen molar-refractivity contribution >= 4 is 5.69 Å². The van der Waals surface area contributed by atoms with E-state index in [1.807, 2.05) is 0 Å². The molecule has 0 unspecified atom stereocenters. The number of benzene rings is 1. The Bertz CT molecular complexity index is 384. The van der Waals surface area contributed by atoms with Crippen molar-refractivity contribution in [3.63, 3.8) is 0 Å². The summed E-state index contributed by atoms with van der Waals surface area (Å²) >= 11 is 0. The van der Waals surface area contributed by atoms with E-state index in [1.165, 1.54) is 49.2 Å². The molecule has 3 N–H and O–H groups in total. The van der Waals surface area contributed by atoms with Gasteiger partial charge in [0, 0.05) is 18.8 Å². The lowest BCUT2D eigenvalue weighted by Gasteiger charge is -2.26. The summed E-state index contributed by atoms with van der Waals surface area (Å²) in [5, 5.41) is 3.53. The molecule has 1 aliphatic rings. The largest absolute Gasteiger partial charge is 0.384 e. The Morgan fingerprint density at radius 1 is 1.21 bits per heavy atom. The van der Waals surface area contributed by atoms with Crippen LogP contribution in [-0.4, -0.2) is 37.6 Å². The van der Waals surface area contributed by atoms with Gasteiger partial charge in [-0.2, -0.15) is 0 Å². The minimum atomic E-state index is 0.725. The molecule has 3 heteroatoms.